The molecule has 1 aromatic rings. The maximum absolute atomic E-state index is 14.0. The molecule has 0 saturated heterocycles. The molecule has 0 unspecified atom stereocenters. The number of methoxy groups -OCH3 is 1. The highest BCUT2D eigenvalue weighted by Gasteiger charge is 2.48. The average molecular weight is 281 g/mol. The lowest BCUT2D eigenvalue weighted by atomic mass is 9.95. The van der Waals surface area contributed by atoms with Crippen LogP contribution < -0.4 is 10.1 Å². The molecule has 0 radical (unpaired) electrons. The number of carboxylic acid groups (broad SMARTS) is 1. The highest BCUT2D eigenvalue weighted by Crippen LogP contribution is 2.40. The number of hydrogen-bond acceptors (Lipinski definition) is 3. The molecule has 108 valence electrons. The summed E-state index contributed by atoms with van der Waals surface area (Å²) in [6.07, 6.45) is 1.48. The third-order valence-electron chi connectivity index (χ3n) is 3.64. The molecular weight excluding hydrogens is 265 g/mol. The number of halogens is 1. The van der Waals surface area contributed by atoms with Gasteiger partial charge < -0.3 is 15.2 Å². The number of carboxylic acids is 1. The molecule has 0 bridgehead atoms. The van der Waals surface area contributed by atoms with Crippen LogP contribution >= 0.6 is 0 Å². The minimum absolute atomic E-state index is 0.0545. The van der Waals surface area contributed by atoms with E-state index < -0.39 is 23.2 Å². The molecule has 1 aromatic carbocycles. The van der Waals surface area contributed by atoms with Gasteiger partial charge in [-0.05, 0) is 37.8 Å². The van der Waals surface area contributed by atoms with Gasteiger partial charge in [-0.25, -0.2) is 9.18 Å². The summed E-state index contributed by atoms with van der Waals surface area (Å²) in [5.74, 6) is -2.83. The van der Waals surface area contributed by atoms with Crippen LogP contribution in [0, 0.1) is 11.7 Å². The van der Waals surface area contributed by atoms with E-state index in [1.165, 1.54) is 32.2 Å². The molecule has 1 amide bonds. The summed E-state index contributed by atoms with van der Waals surface area (Å²) in [6.45, 7) is 1.45. The van der Waals surface area contributed by atoms with Gasteiger partial charge in [-0.1, -0.05) is 6.07 Å². The van der Waals surface area contributed by atoms with Crippen LogP contribution in [0.3, 0.4) is 0 Å². The molecule has 1 saturated carbocycles. The van der Waals surface area contributed by atoms with Crippen LogP contribution in [0.5, 0.6) is 5.75 Å². The predicted molar refractivity (Wildman–Crippen MR) is 69.2 cm³/mol. The van der Waals surface area contributed by atoms with E-state index in [1.54, 1.807) is 0 Å². The van der Waals surface area contributed by atoms with Crippen LogP contribution in [-0.2, 0) is 4.79 Å². The number of carbonyl (C=O) groups excluding carboxylic acids is 1. The van der Waals surface area contributed by atoms with Crippen LogP contribution in [0.2, 0.25) is 0 Å². The van der Waals surface area contributed by atoms with Crippen molar-refractivity contribution in [3.63, 3.8) is 0 Å². The maximum Gasteiger partial charge on any atom is 0.329 e. The standard InChI is InChI=1S/C14H16FNO4/c1-14(13(18)19,8-6-7-8)16-12(17)9-4-3-5-10(20-2)11(9)15/h3-5,8H,6-7H2,1-2H3,(H,16,17)(H,18,19)/t14-/m0/s1. The second-order valence-corrected chi connectivity index (χ2v) is 5.06. The second kappa shape index (κ2) is 5.11. The SMILES string of the molecule is COc1cccc(C(=O)N[C@](C)(C(=O)O)C2CC2)c1F. The Hall–Kier alpha value is -2.11. The molecule has 1 atom stereocenters. The Morgan fingerprint density at radius 3 is 2.60 bits per heavy atom. The molecule has 5 nitrogen and oxygen atoms in total. The number of benzene rings is 1. The van der Waals surface area contributed by atoms with Crippen molar-refractivity contribution in [3.8, 4) is 5.75 Å². The maximum atomic E-state index is 14.0. The summed E-state index contributed by atoms with van der Waals surface area (Å²) in [5, 5.41) is 11.7. The van der Waals surface area contributed by atoms with E-state index in [4.69, 9.17) is 4.74 Å². The van der Waals surface area contributed by atoms with E-state index in [0.717, 1.165) is 12.8 Å². The van der Waals surface area contributed by atoms with E-state index in [1.807, 2.05) is 0 Å². The monoisotopic (exact) mass is 281 g/mol. The number of aliphatic carboxylic acids is 1. The number of rotatable bonds is 5. The van der Waals surface area contributed by atoms with Gasteiger partial charge in [0.2, 0.25) is 0 Å². The molecular formula is C14H16FNO4. The summed E-state index contributed by atoms with van der Waals surface area (Å²) in [7, 11) is 1.30. The number of amides is 1. The van der Waals surface area contributed by atoms with Gasteiger partial charge in [0.1, 0.15) is 5.54 Å². The Bertz CT molecular complexity index is 556. The Balaban J connectivity index is 2.26. The van der Waals surface area contributed by atoms with Crippen molar-refractivity contribution in [2.45, 2.75) is 25.3 Å². The summed E-state index contributed by atoms with van der Waals surface area (Å²) < 4.78 is 18.8. The van der Waals surface area contributed by atoms with Crippen molar-refractivity contribution >= 4 is 11.9 Å². The Morgan fingerprint density at radius 1 is 1.45 bits per heavy atom. The van der Waals surface area contributed by atoms with Crippen molar-refractivity contribution in [1.82, 2.24) is 5.32 Å². The average Bonchev–Trinajstić information content (AvgIpc) is 3.23. The normalized spacial score (nSPS) is 17.1. The van der Waals surface area contributed by atoms with Crippen molar-refractivity contribution < 1.29 is 23.8 Å². The van der Waals surface area contributed by atoms with E-state index in [0.29, 0.717) is 0 Å². The van der Waals surface area contributed by atoms with Gasteiger partial charge in [-0.3, -0.25) is 4.79 Å². The molecule has 1 aliphatic rings. The van der Waals surface area contributed by atoms with E-state index in [2.05, 4.69) is 5.32 Å². The van der Waals surface area contributed by atoms with Crippen LogP contribution in [-0.4, -0.2) is 29.6 Å². The molecule has 1 fully saturated rings. The number of ether oxygens (including phenoxy) is 1. The molecule has 2 N–H and O–H groups in total. The molecule has 0 aromatic heterocycles. The fourth-order valence-corrected chi connectivity index (χ4v) is 2.14. The smallest absolute Gasteiger partial charge is 0.329 e. The van der Waals surface area contributed by atoms with Gasteiger partial charge in [0.05, 0.1) is 12.7 Å². The zero-order valence-electron chi connectivity index (χ0n) is 11.3. The predicted octanol–water partition coefficient (Wildman–Crippen LogP) is 1.82. The minimum atomic E-state index is -1.37. The summed E-state index contributed by atoms with van der Waals surface area (Å²) in [5.41, 5.74) is -1.59. The fraction of sp³-hybridized carbons (Fsp3) is 0.429. The number of nitrogens with one attached hydrogen (secondary N) is 1. The van der Waals surface area contributed by atoms with Gasteiger partial charge in [0, 0.05) is 0 Å². The van der Waals surface area contributed by atoms with Crippen LogP contribution in [0.15, 0.2) is 18.2 Å². The first-order valence-electron chi connectivity index (χ1n) is 6.28. The lowest BCUT2D eigenvalue weighted by Gasteiger charge is -2.26. The number of hydrogen-bond donors (Lipinski definition) is 2. The van der Waals surface area contributed by atoms with Crippen molar-refractivity contribution in [2.24, 2.45) is 5.92 Å². The summed E-state index contributed by atoms with van der Waals surface area (Å²) in [4.78, 5) is 23.5. The molecule has 2 rings (SSSR count). The highest BCUT2D eigenvalue weighted by atomic mass is 19.1. The van der Waals surface area contributed by atoms with Crippen molar-refractivity contribution in [2.75, 3.05) is 7.11 Å². The summed E-state index contributed by atoms with van der Waals surface area (Å²) >= 11 is 0. The first kappa shape index (κ1) is 14.3. The van der Waals surface area contributed by atoms with Crippen LogP contribution in [0.4, 0.5) is 4.39 Å². The topological polar surface area (TPSA) is 75.6 Å². The second-order valence-electron chi connectivity index (χ2n) is 5.06. The van der Waals surface area contributed by atoms with E-state index >= 15 is 0 Å². The quantitative estimate of drug-likeness (QED) is 0.863. The van der Waals surface area contributed by atoms with Crippen LogP contribution in [0.1, 0.15) is 30.1 Å². The summed E-state index contributed by atoms with van der Waals surface area (Å²) in [6, 6.07) is 4.16. The Morgan fingerprint density at radius 2 is 2.10 bits per heavy atom. The van der Waals surface area contributed by atoms with E-state index in [9.17, 15) is 19.1 Å². The first-order valence-corrected chi connectivity index (χ1v) is 6.28. The van der Waals surface area contributed by atoms with E-state index in [-0.39, 0.29) is 17.2 Å². The van der Waals surface area contributed by atoms with Crippen molar-refractivity contribution in [3.05, 3.63) is 29.6 Å². The van der Waals surface area contributed by atoms with Gasteiger partial charge in [0.15, 0.2) is 11.6 Å². The Kier molecular flexibility index (Phi) is 3.65. The van der Waals surface area contributed by atoms with Gasteiger partial charge >= 0.3 is 5.97 Å². The van der Waals surface area contributed by atoms with Gasteiger partial charge in [-0.15, -0.1) is 0 Å². The zero-order chi connectivity index (χ0) is 14.9. The molecule has 6 heteroatoms. The molecule has 20 heavy (non-hydrogen) atoms. The lowest BCUT2D eigenvalue weighted by molar-refractivity contribution is -0.144. The largest absolute Gasteiger partial charge is 0.494 e. The molecule has 0 aliphatic heterocycles. The lowest BCUT2D eigenvalue weighted by Crippen LogP contribution is -2.54. The third-order valence-corrected chi connectivity index (χ3v) is 3.64. The Labute approximate surface area is 115 Å². The van der Waals surface area contributed by atoms with Gasteiger partial charge in [-0.2, -0.15) is 0 Å². The highest BCUT2D eigenvalue weighted by molar-refractivity contribution is 5.98. The van der Waals surface area contributed by atoms with Crippen LogP contribution in [0.25, 0.3) is 0 Å². The minimum Gasteiger partial charge on any atom is -0.494 e. The van der Waals surface area contributed by atoms with Crippen molar-refractivity contribution in [1.29, 1.82) is 0 Å². The first-order chi connectivity index (χ1) is 9.40. The van der Waals surface area contributed by atoms with Gasteiger partial charge in [0.25, 0.3) is 5.91 Å². The fourth-order valence-electron chi connectivity index (χ4n) is 2.14. The molecule has 1 aliphatic carbocycles. The number of carbonyl (C=O) groups is 2. The third kappa shape index (κ3) is 2.45. The molecule has 0 spiro atoms. The molecule has 0 heterocycles. The zero-order valence-corrected chi connectivity index (χ0v) is 11.3.